The molecule has 0 bridgehead atoms. The minimum absolute atomic E-state index is 0.190. The molecule has 0 unspecified atom stereocenters. The minimum Gasteiger partial charge on any atom is -0.508 e. The van der Waals surface area contributed by atoms with E-state index >= 15 is 0 Å². The molecule has 1 aromatic carbocycles. The zero-order chi connectivity index (χ0) is 14.8. The Bertz CT molecular complexity index is 583. The predicted molar refractivity (Wildman–Crippen MR) is 79.7 cm³/mol. The number of ketones is 1. The van der Waals surface area contributed by atoms with E-state index in [-0.39, 0.29) is 23.5 Å². The number of phenolic OH excluding ortho intramolecular Hbond substituents is 1. The van der Waals surface area contributed by atoms with Crippen molar-refractivity contribution in [3.63, 3.8) is 0 Å². The van der Waals surface area contributed by atoms with Gasteiger partial charge in [0, 0.05) is 11.6 Å². The van der Waals surface area contributed by atoms with E-state index in [2.05, 4.69) is 0 Å². The van der Waals surface area contributed by atoms with E-state index in [1.807, 2.05) is 0 Å². The molecule has 0 aromatic heterocycles. The maximum absolute atomic E-state index is 12.2. The first kappa shape index (κ1) is 13.9. The third-order valence-corrected chi connectivity index (χ3v) is 4.34. The number of hydrogen-bond acceptors (Lipinski definition) is 3. The average Bonchev–Trinajstić information content (AvgIpc) is 2.79. The highest BCUT2D eigenvalue weighted by atomic mass is 16.3. The second-order valence-electron chi connectivity index (χ2n) is 5.82. The van der Waals surface area contributed by atoms with Gasteiger partial charge in [-0.15, -0.1) is 0 Å². The third kappa shape index (κ3) is 2.84. The molecule has 0 spiro atoms. The molecule has 4 heteroatoms. The Morgan fingerprint density at radius 1 is 1.05 bits per heavy atom. The van der Waals surface area contributed by atoms with Gasteiger partial charge in [-0.2, -0.15) is 0 Å². The van der Waals surface area contributed by atoms with Crippen LogP contribution in [0.5, 0.6) is 5.75 Å². The monoisotopic (exact) mass is 285 g/mol. The number of benzene rings is 1. The molecule has 2 aliphatic rings. The number of rotatable bonds is 2. The van der Waals surface area contributed by atoms with Gasteiger partial charge in [0.1, 0.15) is 5.75 Å². The van der Waals surface area contributed by atoms with Crippen molar-refractivity contribution in [2.75, 3.05) is 6.54 Å². The second kappa shape index (κ2) is 5.72. The average molecular weight is 285 g/mol. The summed E-state index contributed by atoms with van der Waals surface area (Å²) in [6.45, 7) is 0.420. The summed E-state index contributed by atoms with van der Waals surface area (Å²) in [7, 11) is 0. The number of Topliss-reactive ketones (excluding diaryl/α,β-unsaturated/α-hetero) is 1. The lowest BCUT2D eigenvalue weighted by Gasteiger charge is -2.30. The number of carbonyl (C=O) groups excluding carboxylic acids is 2. The fraction of sp³-hybridized carbons (Fsp3) is 0.412. The van der Waals surface area contributed by atoms with E-state index in [1.54, 1.807) is 35.2 Å². The van der Waals surface area contributed by atoms with Crippen LogP contribution in [0.25, 0.3) is 6.08 Å². The first-order chi connectivity index (χ1) is 10.1. The van der Waals surface area contributed by atoms with Crippen molar-refractivity contribution >= 4 is 17.8 Å². The minimum atomic E-state index is -0.381. The van der Waals surface area contributed by atoms with Crippen LogP contribution in [0.4, 0.5) is 0 Å². The summed E-state index contributed by atoms with van der Waals surface area (Å²) in [5, 5.41) is 9.27. The maximum atomic E-state index is 12.2. The highest BCUT2D eigenvalue weighted by Crippen LogP contribution is 2.27. The number of aromatic hydroxyl groups is 1. The molecule has 1 saturated carbocycles. The van der Waals surface area contributed by atoms with Crippen LogP contribution in [0, 0.1) is 0 Å². The van der Waals surface area contributed by atoms with E-state index in [0.29, 0.717) is 12.1 Å². The quantitative estimate of drug-likeness (QED) is 0.671. The van der Waals surface area contributed by atoms with Gasteiger partial charge < -0.3 is 10.0 Å². The number of likely N-dealkylation sites (tertiary alicyclic amines) is 1. The van der Waals surface area contributed by atoms with Crippen LogP contribution < -0.4 is 0 Å². The highest BCUT2D eigenvalue weighted by molar-refractivity contribution is 6.46. The molecule has 2 fully saturated rings. The Morgan fingerprint density at radius 3 is 2.38 bits per heavy atom. The van der Waals surface area contributed by atoms with Gasteiger partial charge in [-0.1, -0.05) is 31.4 Å². The molecule has 1 N–H and O–H groups in total. The Kier molecular flexibility index (Phi) is 3.78. The largest absolute Gasteiger partial charge is 0.508 e. The van der Waals surface area contributed by atoms with Crippen molar-refractivity contribution in [3.8, 4) is 5.75 Å². The molecule has 1 saturated heterocycles. The van der Waals surface area contributed by atoms with Crippen molar-refractivity contribution in [2.24, 2.45) is 0 Å². The lowest BCUT2D eigenvalue weighted by Crippen LogP contribution is -2.38. The van der Waals surface area contributed by atoms with Crippen molar-refractivity contribution in [1.82, 2.24) is 4.90 Å². The van der Waals surface area contributed by atoms with Gasteiger partial charge in [-0.05, 0) is 36.6 Å². The molecule has 1 aliphatic heterocycles. The fourth-order valence-corrected chi connectivity index (χ4v) is 3.17. The van der Waals surface area contributed by atoms with E-state index in [0.717, 1.165) is 31.2 Å². The molecule has 110 valence electrons. The Morgan fingerprint density at radius 2 is 1.71 bits per heavy atom. The molecule has 1 amide bonds. The summed E-state index contributed by atoms with van der Waals surface area (Å²) in [4.78, 5) is 26.0. The van der Waals surface area contributed by atoms with Gasteiger partial charge >= 0.3 is 0 Å². The smallest absolute Gasteiger partial charge is 0.295 e. The summed E-state index contributed by atoms with van der Waals surface area (Å²) >= 11 is 0. The van der Waals surface area contributed by atoms with Crippen molar-refractivity contribution in [3.05, 3.63) is 35.4 Å². The Balaban J connectivity index is 1.79. The van der Waals surface area contributed by atoms with E-state index in [4.69, 9.17) is 0 Å². The number of hydrogen-bond donors (Lipinski definition) is 1. The van der Waals surface area contributed by atoms with Gasteiger partial charge in [-0.25, -0.2) is 0 Å². The van der Waals surface area contributed by atoms with Crippen LogP contribution in [-0.2, 0) is 9.59 Å². The summed E-state index contributed by atoms with van der Waals surface area (Å²) in [5.41, 5.74) is 1.38. The van der Waals surface area contributed by atoms with Crippen LogP contribution in [0.15, 0.2) is 29.8 Å². The van der Waals surface area contributed by atoms with Crippen LogP contribution in [0.1, 0.15) is 37.7 Å². The van der Waals surface area contributed by atoms with Crippen LogP contribution in [0.2, 0.25) is 0 Å². The van der Waals surface area contributed by atoms with Crippen LogP contribution >= 0.6 is 0 Å². The lowest BCUT2D eigenvalue weighted by molar-refractivity contribution is -0.140. The molecular formula is C17H19NO3. The van der Waals surface area contributed by atoms with Crippen molar-refractivity contribution in [2.45, 2.75) is 38.1 Å². The van der Waals surface area contributed by atoms with Crippen molar-refractivity contribution < 1.29 is 14.7 Å². The van der Waals surface area contributed by atoms with Gasteiger partial charge in [0.2, 0.25) is 5.78 Å². The molecule has 4 nitrogen and oxygen atoms in total. The fourth-order valence-electron chi connectivity index (χ4n) is 3.17. The van der Waals surface area contributed by atoms with Gasteiger partial charge in [0.15, 0.2) is 0 Å². The van der Waals surface area contributed by atoms with Crippen LogP contribution in [0.3, 0.4) is 0 Å². The summed E-state index contributed by atoms with van der Waals surface area (Å²) in [6.07, 6.45) is 7.27. The molecule has 1 aliphatic carbocycles. The zero-order valence-electron chi connectivity index (χ0n) is 11.9. The third-order valence-electron chi connectivity index (χ3n) is 4.34. The van der Waals surface area contributed by atoms with Gasteiger partial charge in [0.05, 0.1) is 6.54 Å². The standard InChI is InChI=1S/C17H19NO3/c19-15-8-6-12(7-9-15)10-13-11-18(17(21)16(13)20)14-4-2-1-3-5-14/h6-10,14,19H,1-5,11H2. The molecule has 0 atom stereocenters. The van der Waals surface area contributed by atoms with E-state index in [1.165, 1.54) is 6.42 Å². The van der Waals surface area contributed by atoms with Gasteiger partial charge in [0.25, 0.3) is 5.91 Å². The van der Waals surface area contributed by atoms with E-state index < -0.39 is 0 Å². The second-order valence-corrected chi connectivity index (χ2v) is 5.82. The molecular weight excluding hydrogens is 266 g/mol. The topological polar surface area (TPSA) is 57.6 Å². The number of carbonyl (C=O) groups is 2. The molecule has 21 heavy (non-hydrogen) atoms. The molecule has 0 radical (unpaired) electrons. The normalized spacial score (nSPS) is 22.3. The Hall–Kier alpha value is -2.10. The van der Waals surface area contributed by atoms with Gasteiger partial charge in [-0.3, -0.25) is 9.59 Å². The van der Waals surface area contributed by atoms with Crippen molar-refractivity contribution in [1.29, 1.82) is 0 Å². The number of nitrogens with zero attached hydrogens (tertiary/aromatic N) is 1. The maximum Gasteiger partial charge on any atom is 0.295 e. The first-order valence-corrected chi connectivity index (χ1v) is 7.50. The summed E-state index contributed by atoms with van der Waals surface area (Å²) < 4.78 is 0. The number of amides is 1. The lowest BCUT2D eigenvalue weighted by atomic mass is 9.94. The zero-order valence-corrected chi connectivity index (χ0v) is 11.9. The highest BCUT2D eigenvalue weighted by Gasteiger charge is 2.38. The van der Waals surface area contributed by atoms with Crippen LogP contribution in [-0.4, -0.2) is 34.3 Å². The van der Waals surface area contributed by atoms with E-state index in [9.17, 15) is 14.7 Å². The first-order valence-electron chi connectivity index (χ1n) is 7.50. The number of phenols is 1. The SMILES string of the molecule is O=C1C(=O)N(C2CCCCC2)CC1=Cc1ccc(O)cc1. The molecule has 1 heterocycles. The summed E-state index contributed by atoms with van der Waals surface area (Å²) in [5.74, 6) is -0.546. The molecule has 1 aromatic rings. The molecule has 3 rings (SSSR count). The Labute approximate surface area is 124 Å². The predicted octanol–water partition coefficient (Wildman–Crippen LogP) is 2.52. The summed E-state index contributed by atoms with van der Waals surface area (Å²) in [6, 6.07) is 6.85.